The molecule has 4 heterocycles. The smallest absolute Gasteiger partial charge is 0.232 e. The molecule has 1 atom stereocenters. The van der Waals surface area contributed by atoms with Crippen LogP contribution in [0.4, 0.5) is 4.39 Å². The molecule has 3 aromatic rings. The van der Waals surface area contributed by atoms with Gasteiger partial charge in [0.2, 0.25) is 17.6 Å². The van der Waals surface area contributed by atoms with Crippen molar-refractivity contribution in [3.63, 3.8) is 0 Å². The van der Waals surface area contributed by atoms with E-state index < -0.39 is 11.9 Å². The summed E-state index contributed by atoms with van der Waals surface area (Å²) in [4.78, 5) is 9.09. The van der Waals surface area contributed by atoms with Gasteiger partial charge in [-0.3, -0.25) is 4.98 Å². The first-order chi connectivity index (χ1) is 17.4. The topological polar surface area (TPSA) is 104 Å². The molecule has 3 N–H and O–H groups in total. The summed E-state index contributed by atoms with van der Waals surface area (Å²) in [6.07, 6.45) is 8.02. The SMILES string of the molecule is COc1ccc2c(n1)c(C[C@H](O)C13CCC(N)(CC1)CC3)c(F)c[n+]2Cc1cc2c(cn1)OCCO2. The molecule has 0 amide bonds. The number of fused-ring (bicyclic) bond motifs is 5. The first-order valence-corrected chi connectivity index (χ1v) is 12.7. The minimum absolute atomic E-state index is 0.0888. The Bertz CT molecular complexity index is 1290. The number of halogens is 1. The number of methoxy groups -OCH3 is 1. The van der Waals surface area contributed by atoms with Gasteiger partial charge in [0.1, 0.15) is 24.4 Å². The Balaban J connectivity index is 1.35. The van der Waals surface area contributed by atoms with Gasteiger partial charge < -0.3 is 25.1 Å². The average Bonchev–Trinajstić information content (AvgIpc) is 2.91. The molecule has 0 spiro atoms. The van der Waals surface area contributed by atoms with Gasteiger partial charge in [-0.2, -0.15) is 8.96 Å². The predicted octanol–water partition coefficient (Wildman–Crippen LogP) is 2.84. The maximum Gasteiger partial charge on any atom is 0.232 e. The van der Waals surface area contributed by atoms with Gasteiger partial charge in [0.15, 0.2) is 23.9 Å². The van der Waals surface area contributed by atoms with Crippen molar-refractivity contribution in [1.82, 2.24) is 9.97 Å². The first-order valence-electron chi connectivity index (χ1n) is 12.7. The van der Waals surface area contributed by atoms with Crippen LogP contribution < -0.4 is 24.5 Å². The van der Waals surface area contributed by atoms with E-state index in [9.17, 15) is 5.11 Å². The summed E-state index contributed by atoms with van der Waals surface area (Å²) in [6.45, 7) is 1.30. The molecule has 0 aromatic carbocycles. The highest BCUT2D eigenvalue weighted by molar-refractivity contribution is 5.75. The van der Waals surface area contributed by atoms with Crippen LogP contribution in [0.15, 0.2) is 30.6 Å². The van der Waals surface area contributed by atoms with Gasteiger partial charge in [0.25, 0.3) is 0 Å². The molecule has 3 saturated carbocycles. The third kappa shape index (κ3) is 4.04. The van der Waals surface area contributed by atoms with Crippen LogP contribution in [0, 0.1) is 11.2 Å². The van der Waals surface area contributed by atoms with E-state index in [1.54, 1.807) is 16.8 Å². The van der Waals surface area contributed by atoms with E-state index in [2.05, 4.69) is 9.97 Å². The first kappa shape index (κ1) is 23.4. The summed E-state index contributed by atoms with van der Waals surface area (Å²) in [5.41, 5.74) is 8.52. The van der Waals surface area contributed by atoms with Crippen LogP contribution in [0.5, 0.6) is 17.4 Å². The zero-order valence-electron chi connectivity index (χ0n) is 20.5. The van der Waals surface area contributed by atoms with Crippen LogP contribution in [-0.2, 0) is 13.0 Å². The Morgan fingerprint density at radius 1 is 1.14 bits per heavy atom. The van der Waals surface area contributed by atoms with Gasteiger partial charge in [-0.15, -0.1) is 0 Å². The lowest BCUT2D eigenvalue weighted by molar-refractivity contribution is -0.664. The van der Waals surface area contributed by atoms with E-state index in [1.165, 1.54) is 13.3 Å². The molecule has 190 valence electrons. The summed E-state index contributed by atoms with van der Waals surface area (Å²) in [5, 5.41) is 11.4. The summed E-state index contributed by atoms with van der Waals surface area (Å²) < 4.78 is 34.1. The Kier molecular flexibility index (Phi) is 5.72. The van der Waals surface area contributed by atoms with E-state index in [0.29, 0.717) is 53.9 Å². The van der Waals surface area contributed by atoms with Crippen molar-refractivity contribution in [2.75, 3.05) is 20.3 Å². The van der Waals surface area contributed by atoms with Crippen molar-refractivity contribution in [3.8, 4) is 17.4 Å². The largest absolute Gasteiger partial charge is 0.486 e. The molecule has 1 aliphatic heterocycles. The number of hydrogen-bond donors (Lipinski definition) is 2. The molecule has 3 aromatic heterocycles. The quantitative estimate of drug-likeness (QED) is 0.507. The van der Waals surface area contributed by atoms with Gasteiger partial charge >= 0.3 is 0 Å². The average molecular weight is 496 g/mol. The third-order valence-corrected chi connectivity index (χ3v) is 8.50. The van der Waals surface area contributed by atoms with Crippen molar-refractivity contribution >= 4 is 11.0 Å². The van der Waals surface area contributed by atoms with Crippen molar-refractivity contribution < 1.29 is 28.3 Å². The molecule has 0 saturated heterocycles. The summed E-state index contributed by atoms with van der Waals surface area (Å²) in [5.74, 6) is 1.24. The van der Waals surface area contributed by atoms with Crippen molar-refractivity contribution in [2.45, 2.75) is 63.1 Å². The van der Waals surface area contributed by atoms with Crippen molar-refractivity contribution in [1.29, 1.82) is 0 Å². The maximum atomic E-state index is 15.7. The van der Waals surface area contributed by atoms with Crippen molar-refractivity contribution in [2.24, 2.45) is 11.1 Å². The monoisotopic (exact) mass is 495 g/mol. The number of aliphatic hydroxyl groups is 1. The summed E-state index contributed by atoms with van der Waals surface area (Å²) >= 11 is 0. The Morgan fingerprint density at radius 3 is 2.58 bits per heavy atom. The molecule has 0 unspecified atom stereocenters. The van der Waals surface area contributed by atoms with Crippen LogP contribution in [0.1, 0.15) is 49.8 Å². The fourth-order valence-corrected chi connectivity index (χ4v) is 6.13. The Morgan fingerprint density at radius 2 is 1.86 bits per heavy atom. The fraction of sp³-hybridized carbons (Fsp3) is 0.519. The van der Waals surface area contributed by atoms with Gasteiger partial charge in [-0.1, -0.05) is 0 Å². The zero-order chi connectivity index (χ0) is 24.9. The highest BCUT2D eigenvalue weighted by Gasteiger charge is 2.50. The van der Waals surface area contributed by atoms with Gasteiger partial charge in [0, 0.05) is 35.7 Å². The highest BCUT2D eigenvalue weighted by atomic mass is 19.1. The Hall–Kier alpha value is -3.04. The molecule has 2 bridgehead atoms. The second kappa shape index (κ2) is 8.81. The van der Waals surface area contributed by atoms with Crippen LogP contribution in [0.25, 0.3) is 11.0 Å². The molecule has 9 heteroatoms. The van der Waals surface area contributed by atoms with Crippen molar-refractivity contribution in [3.05, 3.63) is 47.7 Å². The molecule has 7 rings (SSSR count). The molecule has 36 heavy (non-hydrogen) atoms. The van der Waals surface area contributed by atoms with E-state index in [0.717, 1.165) is 44.0 Å². The van der Waals surface area contributed by atoms with Gasteiger partial charge in [-0.25, -0.2) is 4.98 Å². The number of rotatable bonds is 6. The molecule has 3 fully saturated rings. The molecule has 4 aliphatic rings. The number of aromatic nitrogens is 3. The molecule has 0 radical (unpaired) electrons. The van der Waals surface area contributed by atoms with E-state index in [4.69, 9.17) is 19.9 Å². The van der Waals surface area contributed by atoms with Gasteiger partial charge in [-0.05, 0) is 43.9 Å². The number of aliphatic hydroxyl groups excluding tert-OH is 1. The van der Waals surface area contributed by atoms with E-state index in [-0.39, 0.29) is 17.4 Å². The normalized spacial score (nSPS) is 25.7. The molecular formula is C27H32FN4O4+. The minimum atomic E-state index is -0.664. The number of ether oxygens (including phenoxy) is 3. The molecular weight excluding hydrogens is 463 g/mol. The molecule has 3 aliphatic carbocycles. The summed E-state index contributed by atoms with van der Waals surface area (Å²) in [6, 6.07) is 5.45. The van der Waals surface area contributed by atoms with Crippen LogP contribution in [-0.4, -0.2) is 47.0 Å². The summed E-state index contributed by atoms with van der Waals surface area (Å²) in [7, 11) is 1.54. The zero-order valence-corrected chi connectivity index (χ0v) is 20.5. The van der Waals surface area contributed by atoms with Crippen LogP contribution in [0.2, 0.25) is 0 Å². The number of nitrogens with zero attached hydrogens (tertiary/aromatic N) is 3. The standard InChI is InChI=1S/C27H32FN4O4/c1-34-24-3-2-20-25(31-24)18(13-23(33)26-4-7-27(29,8-5-26)9-6-26)19(28)16-32(20)15-17-12-21-22(14-30-17)36-11-10-35-21/h2-3,12,14,16,23,33H,4-11,13,15,29H2,1H3/q+1/t23-,26?,27?/m0/s1. The minimum Gasteiger partial charge on any atom is -0.486 e. The number of hydrogen-bond acceptors (Lipinski definition) is 7. The third-order valence-electron chi connectivity index (χ3n) is 8.50. The predicted molar refractivity (Wildman–Crippen MR) is 130 cm³/mol. The number of nitrogens with two attached hydrogens (primary N) is 1. The van der Waals surface area contributed by atoms with Crippen LogP contribution >= 0.6 is 0 Å². The number of pyridine rings is 3. The van der Waals surface area contributed by atoms with E-state index in [1.807, 2.05) is 12.1 Å². The van der Waals surface area contributed by atoms with Crippen LogP contribution in [0.3, 0.4) is 0 Å². The lowest BCUT2D eigenvalue weighted by atomic mass is 9.55. The lowest BCUT2D eigenvalue weighted by Gasteiger charge is -2.53. The Labute approximate surface area is 209 Å². The second-order valence-electron chi connectivity index (χ2n) is 10.6. The van der Waals surface area contributed by atoms with E-state index >= 15 is 4.39 Å². The fourth-order valence-electron chi connectivity index (χ4n) is 6.13. The lowest BCUT2D eigenvalue weighted by Crippen LogP contribution is -2.55. The van der Waals surface area contributed by atoms with Gasteiger partial charge in [0.05, 0.1) is 19.4 Å². The maximum absolute atomic E-state index is 15.7. The highest BCUT2D eigenvalue weighted by Crippen LogP contribution is 2.53. The molecule has 8 nitrogen and oxygen atoms in total. The second-order valence-corrected chi connectivity index (χ2v) is 10.6.